The minimum atomic E-state index is -0.560. The van der Waals surface area contributed by atoms with Crippen LogP contribution in [-0.4, -0.2) is 35.7 Å². The van der Waals surface area contributed by atoms with Gasteiger partial charge in [-0.25, -0.2) is 9.78 Å². The molecule has 2 rings (SSSR count). The second-order valence-electron chi connectivity index (χ2n) is 8.25. The molecule has 1 atom stereocenters. The molecule has 0 fully saturated rings. The van der Waals surface area contributed by atoms with E-state index in [0.717, 1.165) is 11.3 Å². The van der Waals surface area contributed by atoms with Crippen molar-refractivity contribution in [2.75, 3.05) is 12.4 Å². The fourth-order valence-corrected chi connectivity index (χ4v) is 2.65. The van der Waals surface area contributed by atoms with Gasteiger partial charge >= 0.3 is 6.09 Å². The molecule has 0 aliphatic rings. The number of aromatic nitrogens is 1. The molecule has 0 spiro atoms. The maximum atomic E-state index is 12.2. The Morgan fingerprint density at radius 3 is 2.52 bits per heavy atom. The molecule has 0 saturated heterocycles. The molecule has 0 bridgehead atoms. The number of benzene rings is 1. The zero-order valence-corrected chi connectivity index (χ0v) is 18.9. The Kier molecular flexibility index (Phi) is 8.24. The summed E-state index contributed by atoms with van der Waals surface area (Å²) in [6, 6.07) is 8.73. The van der Waals surface area contributed by atoms with Gasteiger partial charge in [-0.1, -0.05) is 6.07 Å². The van der Waals surface area contributed by atoms with E-state index in [1.54, 1.807) is 46.1 Å². The zero-order chi connectivity index (χ0) is 23.0. The molecule has 168 valence electrons. The van der Waals surface area contributed by atoms with Crippen molar-refractivity contribution in [1.82, 2.24) is 10.3 Å². The van der Waals surface area contributed by atoms with E-state index in [2.05, 4.69) is 15.6 Å². The van der Waals surface area contributed by atoms with Crippen molar-refractivity contribution >= 4 is 17.7 Å². The number of amides is 2. The van der Waals surface area contributed by atoms with Crippen molar-refractivity contribution in [2.24, 2.45) is 0 Å². The van der Waals surface area contributed by atoms with E-state index in [1.807, 2.05) is 26.0 Å². The highest BCUT2D eigenvalue weighted by Crippen LogP contribution is 2.27. The first-order valence-corrected chi connectivity index (χ1v) is 10.1. The van der Waals surface area contributed by atoms with Gasteiger partial charge in [-0.2, -0.15) is 0 Å². The molecule has 2 amide bonds. The number of nitrogens with one attached hydrogen (secondary N) is 2. The number of carbonyl (C=O) groups is 2. The molecule has 0 radical (unpaired) electrons. The molecule has 2 N–H and O–H groups in total. The summed E-state index contributed by atoms with van der Waals surface area (Å²) in [5.74, 6) is 1.57. The molecule has 0 unspecified atom stereocenters. The lowest BCUT2D eigenvalue weighted by Gasteiger charge is -2.21. The quantitative estimate of drug-likeness (QED) is 0.624. The lowest BCUT2D eigenvalue weighted by atomic mass is 10.1. The predicted octanol–water partition coefficient (Wildman–Crippen LogP) is 4.82. The summed E-state index contributed by atoms with van der Waals surface area (Å²) in [6.45, 7) is 9.17. The fourth-order valence-electron chi connectivity index (χ4n) is 2.65. The highest BCUT2D eigenvalue weighted by Gasteiger charge is 2.18. The first-order valence-electron chi connectivity index (χ1n) is 10.1. The third-order valence-electron chi connectivity index (χ3n) is 4.19. The minimum absolute atomic E-state index is 0.170. The van der Waals surface area contributed by atoms with Crippen molar-refractivity contribution in [1.29, 1.82) is 0 Å². The summed E-state index contributed by atoms with van der Waals surface area (Å²) < 4.78 is 16.2. The Morgan fingerprint density at radius 1 is 1.16 bits per heavy atom. The maximum Gasteiger partial charge on any atom is 0.407 e. The van der Waals surface area contributed by atoms with Crippen LogP contribution in [0.5, 0.6) is 17.4 Å². The van der Waals surface area contributed by atoms with Crippen LogP contribution in [0.15, 0.2) is 36.5 Å². The average Bonchev–Trinajstić information content (AvgIpc) is 2.68. The van der Waals surface area contributed by atoms with Crippen molar-refractivity contribution in [2.45, 2.75) is 59.1 Å². The maximum absolute atomic E-state index is 12.2. The van der Waals surface area contributed by atoms with Crippen molar-refractivity contribution in [3.05, 3.63) is 42.1 Å². The number of aryl methyl sites for hydroxylation is 1. The number of rotatable bonds is 8. The molecule has 1 heterocycles. The van der Waals surface area contributed by atoms with E-state index in [9.17, 15) is 9.59 Å². The van der Waals surface area contributed by atoms with Gasteiger partial charge in [0.15, 0.2) is 0 Å². The Hall–Kier alpha value is -3.29. The van der Waals surface area contributed by atoms with Crippen LogP contribution in [0.1, 0.15) is 46.1 Å². The number of methoxy groups -OCH3 is 1. The standard InChI is InChI=1S/C23H31N3O5/c1-15-7-10-18(13-19(15)29-6)30-21-12-9-17(14-24-21)26-20(27)11-8-16(2)25-22(28)31-23(3,4)5/h7,9-10,12-14,16H,8,11H2,1-6H3,(H,25,28)(H,26,27)/t16-/m1/s1. The first kappa shape index (κ1) is 24.0. The molecule has 0 aliphatic carbocycles. The fraction of sp³-hybridized carbons (Fsp3) is 0.435. The lowest BCUT2D eigenvalue weighted by molar-refractivity contribution is -0.116. The van der Waals surface area contributed by atoms with Gasteiger partial charge in [0.2, 0.25) is 11.8 Å². The summed E-state index contributed by atoms with van der Waals surface area (Å²) in [5.41, 5.74) is 1.01. The van der Waals surface area contributed by atoms with Gasteiger partial charge in [0, 0.05) is 24.6 Å². The molecule has 2 aromatic rings. The van der Waals surface area contributed by atoms with Gasteiger partial charge in [0.1, 0.15) is 17.1 Å². The van der Waals surface area contributed by atoms with Crippen LogP contribution in [-0.2, 0) is 9.53 Å². The topological polar surface area (TPSA) is 98.8 Å². The molecule has 1 aromatic carbocycles. The van der Waals surface area contributed by atoms with Crippen LogP contribution in [0.25, 0.3) is 0 Å². The van der Waals surface area contributed by atoms with Gasteiger partial charge in [0.05, 0.1) is 19.0 Å². The largest absolute Gasteiger partial charge is 0.496 e. The van der Waals surface area contributed by atoms with Gasteiger partial charge in [-0.3, -0.25) is 4.79 Å². The molecule has 0 aliphatic heterocycles. The Morgan fingerprint density at radius 2 is 1.90 bits per heavy atom. The summed E-state index contributed by atoms with van der Waals surface area (Å²) in [4.78, 5) is 28.2. The number of pyridine rings is 1. The van der Waals surface area contributed by atoms with Crippen LogP contribution < -0.4 is 20.1 Å². The SMILES string of the molecule is COc1cc(Oc2ccc(NC(=O)CC[C@@H](C)NC(=O)OC(C)(C)C)cn2)ccc1C. The Balaban J connectivity index is 1.80. The second kappa shape index (κ2) is 10.7. The van der Waals surface area contributed by atoms with E-state index >= 15 is 0 Å². The number of anilines is 1. The molecule has 0 saturated carbocycles. The Bertz CT molecular complexity index is 891. The molecule has 1 aromatic heterocycles. The number of alkyl carbamates (subject to hydrolysis) is 1. The monoisotopic (exact) mass is 429 g/mol. The van der Waals surface area contributed by atoms with E-state index < -0.39 is 11.7 Å². The van der Waals surface area contributed by atoms with E-state index in [4.69, 9.17) is 14.2 Å². The predicted molar refractivity (Wildman–Crippen MR) is 119 cm³/mol. The smallest absolute Gasteiger partial charge is 0.407 e. The molecular weight excluding hydrogens is 398 g/mol. The number of ether oxygens (including phenoxy) is 3. The minimum Gasteiger partial charge on any atom is -0.496 e. The summed E-state index contributed by atoms with van der Waals surface area (Å²) in [5, 5.41) is 5.50. The highest BCUT2D eigenvalue weighted by atomic mass is 16.6. The van der Waals surface area contributed by atoms with E-state index in [-0.39, 0.29) is 18.4 Å². The van der Waals surface area contributed by atoms with Crippen LogP contribution >= 0.6 is 0 Å². The molecule has 31 heavy (non-hydrogen) atoms. The average molecular weight is 430 g/mol. The van der Waals surface area contributed by atoms with Crippen molar-refractivity contribution in [3.63, 3.8) is 0 Å². The highest BCUT2D eigenvalue weighted by molar-refractivity contribution is 5.90. The third-order valence-corrected chi connectivity index (χ3v) is 4.19. The molecule has 8 heteroatoms. The number of nitrogens with zero attached hydrogens (tertiary/aromatic N) is 1. The lowest BCUT2D eigenvalue weighted by Crippen LogP contribution is -2.38. The Labute approximate surface area is 183 Å². The zero-order valence-electron chi connectivity index (χ0n) is 18.9. The van der Waals surface area contributed by atoms with E-state index in [0.29, 0.717) is 23.7 Å². The van der Waals surface area contributed by atoms with Gasteiger partial charge in [0.25, 0.3) is 0 Å². The first-order chi connectivity index (χ1) is 14.6. The number of carbonyl (C=O) groups excluding carboxylic acids is 2. The van der Waals surface area contributed by atoms with Crippen molar-refractivity contribution < 1.29 is 23.8 Å². The van der Waals surface area contributed by atoms with Crippen LogP contribution in [0.2, 0.25) is 0 Å². The van der Waals surface area contributed by atoms with Crippen LogP contribution in [0, 0.1) is 6.92 Å². The van der Waals surface area contributed by atoms with Gasteiger partial charge < -0.3 is 24.8 Å². The van der Waals surface area contributed by atoms with Crippen LogP contribution in [0.4, 0.5) is 10.5 Å². The summed E-state index contributed by atoms with van der Waals surface area (Å²) in [7, 11) is 1.61. The second-order valence-corrected chi connectivity index (χ2v) is 8.25. The van der Waals surface area contributed by atoms with E-state index in [1.165, 1.54) is 6.20 Å². The molecular formula is C23H31N3O5. The van der Waals surface area contributed by atoms with Crippen molar-refractivity contribution in [3.8, 4) is 17.4 Å². The van der Waals surface area contributed by atoms with Gasteiger partial charge in [-0.15, -0.1) is 0 Å². The van der Waals surface area contributed by atoms with Gasteiger partial charge in [-0.05, 0) is 58.7 Å². The van der Waals surface area contributed by atoms with Crippen LogP contribution in [0.3, 0.4) is 0 Å². The summed E-state index contributed by atoms with van der Waals surface area (Å²) in [6.07, 6.45) is 1.76. The number of hydrogen-bond acceptors (Lipinski definition) is 6. The third kappa shape index (κ3) is 8.54. The molecule has 8 nitrogen and oxygen atoms in total. The summed E-state index contributed by atoms with van der Waals surface area (Å²) >= 11 is 0. The number of hydrogen-bond donors (Lipinski definition) is 2. The normalized spacial score (nSPS) is 11.9.